The van der Waals surface area contributed by atoms with Crippen molar-refractivity contribution in [2.45, 2.75) is 4.21 Å². The highest BCUT2D eigenvalue weighted by molar-refractivity contribution is 8.12. The second-order valence-electron chi connectivity index (χ2n) is 1.86. The molecule has 0 aliphatic carbocycles. The van der Waals surface area contributed by atoms with Crippen LogP contribution in [0.2, 0.25) is 0 Å². The van der Waals surface area contributed by atoms with Gasteiger partial charge in [0.2, 0.25) is 10.0 Å². The van der Waals surface area contributed by atoms with Crippen molar-refractivity contribution in [2.24, 2.45) is 5.14 Å². The van der Waals surface area contributed by atoms with Crippen molar-refractivity contribution in [3.63, 3.8) is 0 Å². The zero-order chi connectivity index (χ0) is 8.32. The summed E-state index contributed by atoms with van der Waals surface area (Å²) in [6.07, 6.45) is 0. The van der Waals surface area contributed by atoms with Crippen LogP contribution in [0.4, 0.5) is 0 Å². The van der Waals surface area contributed by atoms with Crippen molar-refractivity contribution in [2.75, 3.05) is 5.08 Å². The maximum Gasteiger partial charge on any atom is 0.218 e. The number of primary sulfonamides is 1. The standard InChI is InChI=1S/C5H7NO2S3/c6-11(7,8)4-10-5-2-1-3-9-5/h1-3H,4H2,(H2,6,7,8). The molecule has 11 heavy (non-hydrogen) atoms. The lowest BCUT2D eigenvalue weighted by Gasteiger charge is -1.93. The van der Waals surface area contributed by atoms with Gasteiger partial charge in [-0.1, -0.05) is 17.8 Å². The molecule has 1 aromatic rings. The van der Waals surface area contributed by atoms with Gasteiger partial charge in [0.05, 0.1) is 4.21 Å². The SMILES string of the molecule is NS(=O)(=O)CSc1cccs1. The summed E-state index contributed by atoms with van der Waals surface area (Å²) < 4.78 is 21.9. The lowest BCUT2D eigenvalue weighted by molar-refractivity contribution is 0.602. The molecule has 1 heterocycles. The smallest absolute Gasteiger partial charge is 0.218 e. The predicted molar refractivity (Wildman–Crippen MR) is 48.2 cm³/mol. The largest absolute Gasteiger partial charge is 0.228 e. The van der Waals surface area contributed by atoms with Crippen molar-refractivity contribution >= 4 is 33.1 Å². The van der Waals surface area contributed by atoms with Crippen LogP contribution in [0, 0.1) is 0 Å². The number of sulfonamides is 1. The van der Waals surface area contributed by atoms with E-state index < -0.39 is 10.0 Å². The van der Waals surface area contributed by atoms with Crippen LogP contribution < -0.4 is 5.14 Å². The minimum absolute atomic E-state index is 0.0481. The number of thioether (sulfide) groups is 1. The zero-order valence-corrected chi connectivity index (χ0v) is 8.01. The quantitative estimate of drug-likeness (QED) is 0.758. The molecule has 0 spiro atoms. The van der Waals surface area contributed by atoms with Gasteiger partial charge in [-0.05, 0) is 11.4 Å². The molecular formula is C5H7NO2S3. The van der Waals surface area contributed by atoms with E-state index in [1.807, 2.05) is 17.5 Å². The normalized spacial score (nSPS) is 11.7. The van der Waals surface area contributed by atoms with Crippen LogP contribution in [0.3, 0.4) is 0 Å². The van der Waals surface area contributed by atoms with Gasteiger partial charge < -0.3 is 0 Å². The average Bonchev–Trinajstić information content (AvgIpc) is 2.32. The number of hydrogen-bond acceptors (Lipinski definition) is 4. The maximum absolute atomic E-state index is 10.5. The van der Waals surface area contributed by atoms with Crippen LogP contribution in [-0.2, 0) is 10.0 Å². The Morgan fingerprint density at radius 2 is 2.36 bits per heavy atom. The van der Waals surface area contributed by atoms with Gasteiger partial charge in [0.25, 0.3) is 0 Å². The Hall–Kier alpha value is -0.0400. The minimum Gasteiger partial charge on any atom is -0.228 e. The molecule has 0 aliphatic rings. The van der Waals surface area contributed by atoms with Crippen molar-refractivity contribution in [3.05, 3.63) is 17.5 Å². The summed E-state index contributed by atoms with van der Waals surface area (Å²) in [6, 6.07) is 3.73. The van der Waals surface area contributed by atoms with Crippen LogP contribution in [0.25, 0.3) is 0 Å². The van der Waals surface area contributed by atoms with Gasteiger partial charge in [-0.2, -0.15) is 0 Å². The summed E-state index contributed by atoms with van der Waals surface area (Å²) in [6.45, 7) is 0. The number of rotatable bonds is 3. The number of hydrogen-bond donors (Lipinski definition) is 1. The van der Waals surface area contributed by atoms with E-state index in [4.69, 9.17) is 5.14 Å². The Morgan fingerprint density at radius 1 is 1.64 bits per heavy atom. The molecule has 62 valence electrons. The highest BCUT2D eigenvalue weighted by Crippen LogP contribution is 2.23. The molecule has 3 nitrogen and oxygen atoms in total. The predicted octanol–water partition coefficient (Wildman–Crippen LogP) is 1.09. The van der Waals surface area contributed by atoms with E-state index in [1.54, 1.807) is 0 Å². The minimum atomic E-state index is -3.33. The summed E-state index contributed by atoms with van der Waals surface area (Å²) in [7, 11) is -3.33. The van der Waals surface area contributed by atoms with Gasteiger partial charge >= 0.3 is 0 Å². The van der Waals surface area contributed by atoms with Crippen LogP contribution in [0.5, 0.6) is 0 Å². The number of thiophene rings is 1. The second-order valence-corrected chi connectivity index (χ2v) is 6.06. The Bertz CT molecular complexity index is 302. The summed E-state index contributed by atoms with van der Waals surface area (Å²) in [5.74, 6) is 0. The van der Waals surface area contributed by atoms with E-state index in [1.165, 1.54) is 23.1 Å². The first-order valence-corrected chi connectivity index (χ1v) is 6.33. The molecule has 6 heteroatoms. The maximum atomic E-state index is 10.5. The van der Waals surface area contributed by atoms with Crippen LogP contribution in [0.15, 0.2) is 21.7 Å². The lowest BCUT2D eigenvalue weighted by Crippen LogP contribution is -2.13. The van der Waals surface area contributed by atoms with Gasteiger partial charge in [-0.15, -0.1) is 11.3 Å². The molecule has 0 saturated carbocycles. The topological polar surface area (TPSA) is 60.2 Å². The fourth-order valence-corrected chi connectivity index (χ4v) is 3.10. The molecule has 1 aromatic heterocycles. The molecule has 0 radical (unpaired) electrons. The molecule has 0 saturated heterocycles. The highest BCUT2D eigenvalue weighted by atomic mass is 32.3. The summed E-state index contributed by atoms with van der Waals surface area (Å²) in [4.78, 5) is 0. The molecule has 0 aliphatic heterocycles. The van der Waals surface area contributed by atoms with Gasteiger partial charge in [-0.25, -0.2) is 13.6 Å². The van der Waals surface area contributed by atoms with Crippen molar-refractivity contribution in [1.29, 1.82) is 0 Å². The molecular weight excluding hydrogens is 202 g/mol. The van der Waals surface area contributed by atoms with Crippen molar-refractivity contribution < 1.29 is 8.42 Å². The molecule has 0 amide bonds. The van der Waals surface area contributed by atoms with E-state index in [0.717, 1.165) is 4.21 Å². The molecule has 1 rings (SSSR count). The first-order valence-electron chi connectivity index (χ1n) is 2.75. The fourth-order valence-electron chi connectivity index (χ4n) is 0.486. The Morgan fingerprint density at radius 3 is 2.82 bits per heavy atom. The third-order valence-corrected chi connectivity index (χ3v) is 4.37. The fraction of sp³-hybridized carbons (Fsp3) is 0.200. The zero-order valence-electron chi connectivity index (χ0n) is 5.56. The number of nitrogens with two attached hydrogens (primary N) is 1. The van der Waals surface area contributed by atoms with E-state index in [2.05, 4.69) is 0 Å². The Balaban J connectivity index is 2.48. The Kier molecular flexibility index (Phi) is 2.94. The van der Waals surface area contributed by atoms with Crippen molar-refractivity contribution in [3.8, 4) is 0 Å². The highest BCUT2D eigenvalue weighted by Gasteiger charge is 2.03. The molecule has 2 N–H and O–H groups in total. The third-order valence-electron chi connectivity index (χ3n) is 0.861. The molecule has 0 fully saturated rings. The average molecular weight is 209 g/mol. The summed E-state index contributed by atoms with van der Waals surface area (Å²) >= 11 is 2.75. The van der Waals surface area contributed by atoms with Gasteiger partial charge in [0.15, 0.2) is 0 Å². The summed E-state index contributed by atoms with van der Waals surface area (Å²) in [5.41, 5.74) is 0. The van der Waals surface area contributed by atoms with Gasteiger partial charge in [0.1, 0.15) is 5.08 Å². The Labute approximate surface area is 73.7 Å². The van der Waals surface area contributed by atoms with E-state index in [-0.39, 0.29) is 5.08 Å². The van der Waals surface area contributed by atoms with Crippen LogP contribution >= 0.6 is 23.1 Å². The van der Waals surface area contributed by atoms with E-state index in [0.29, 0.717) is 0 Å². The summed E-state index contributed by atoms with van der Waals surface area (Å²) in [5, 5.41) is 6.65. The van der Waals surface area contributed by atoms with E-state index in [9.17, 15) is 8.42 Å². The molecule has 0 bridgehead atoms. The molecule has 0 aromatic carbocycles. The van der Waals surface area contributed by atoms with Gasteiger partial charge in [0, 0.05) is 0 Å². The monoisotopic (exact) mass is 209 g/mol. The van der Waals surface area contributed by atoms with Gasteiger partial charge in [-0.3, -0.25) is 0 Å². The third kappa shape index (κ3) is 3.76. The van der Waals surface area contributed by atoms with E-state index >= 15 is 0 Å². The van der Waals surface area contributed by atoms with Crippen molar-refractivity contribution in [1.82, 2.24) is 0 Å². The molecule has 0 unspecified atom stereocenters. The van der Waals surface area contributed by atoms with Crippen LogP contribution in [-0.4, -0.2) is 13.5 Å². The first kappa shape index (κ1) is 9.05. The lowest BCUT2D eigenvalue weighted by atomic mass is 10.7. The van der Waals surface area contributed by atoms with Crippen LogP contribution in [0.1, 0.15) is 0 Å². The molecule has 0 atom stereocenters. The first-order chi connectivity index (χ1) is 5.08. The second kappa shape index (κ2) is 3.57.